The summed E-state index contributed by atoms with van der Waals surface area (Å²) in [7, 11) is -3.70. The molecule has 0 aliphatic heterocycles. The van der Waals surface area contributed by atoms with Crippen LogP contribution in [0.2, 0.25) is 0 Å². The van der Waals surface area contributed by atoms with Crippen molar-refractivity contribution in [1.82, 2.24) is 14.9 Å². The van der Waals surface area contributed by atoms with E-state index in [1.165, 1.54) is 12.1 Å². The number of nitrogens with one attached hydrogen (secondary N) is 1. The van der Waals surface area contributed by atoms with Crippen molar-refractivity contribution < 1.29 is 13.2 Å². The number of amides is 1. The minimum Gasteiger partial charge on any atom is -0.352 e. The van der Waals surface area contributed by atoms with Gasteiger partial charge in [0.25, 0.3) is 5.91 Å². The number of hydrogen-bond donors (Lipinski definition) is 2. The average molecular weight is 398 g/mol. The van der Waals surface area contributed by atoms with Gasteiger partial charge in [0.2, 0.25) is 10.0 Å². The third kappa shape index (κ3) is 4.29. The fourth-order valence-corrected chi connectivity index (χ4v) is 3.61. The highest BCUT2D eigenvalue weighted by atomic mass is 32.2. The molecule has 0 fully saturated rings. The Hall–Kier alpha value is -2.97. The number of hydrogen-bond acceptors (Lipinski definition) is 4. The predicted molar refractivity (Wildman–Crippen MR) is 107 cm³/mol. The highest BCUT2D eigenvalue weighted by molar-refractivity contribution is 7.89. The highest BCUT2D eigenvalue weighted by Gasteiger charge is 2.16. The van der Waals surface area contributed by atoms with E-state index in [2.05, 4.69) is 10.3 Å². The number of benzene rings is 1. The summed E-state index contributed by atoms with van der Waals surface area (Å²) >= 11 is 0. The molecule has 0 atom stereocenters. The summed E-state index contributed by atoms with van der Waals surface area (Å²) in [5.74, 6) is 0.614. The second-order valence-corrected chi connectivity index (χ2v) is 8.06. The first-order valence-electron chi connectivity index (χ1n) is 8.77. The molecule has 0 aliphatic carbocycles. The number of pyridine rings is 1. The molecule has 0 unspecified atom stereocenters. The van der Waals surface area contributed by atoms with Crippen molar-refractivity contribution >= 4 is 15.9 Å². The number of primary sulfonamides is 1. The monoisotopic (exact) mass is 398 g/mol. The van der Waals surface area contributed by atoms with E-state index in [0.717, 1.165) is 22.8 Å². The van der Waals surface area contributed by atoms with Crippen LogP contribution in [0.3, 0.4) is 0 Å². The second kappa shape index (κ2) is 7.95. The number of nitrogens with two attached hydrogens (primary N) is 1. The Morgan fingerprint density at radius 2 is 1.86 bits per heavy atom. The summed E-state index contributed by atoms with van der Waals surface area (Å²) in [6.45, 7) is 4.26. The summed E-state index contributed by atoms with van der Waals surface area (Å²) < 4.78 is 24.5. The lowest BCUT2D eigenvalue weighted by Crippen LogP contribution is -2.26. The first kappa shape index (κ1) is 19.8. The number of nitrogens with zero attached hydrogens (tertiary/aromatic N) is 2. The van der Waals surface area contributed by atoms with Crippen LogP contribution in [0.25, 0.3) is 5.82 Å². The number of sulfonamides is 1. The van der Waals surface area contributed by atoms with Crippen LogP contribution in [0.5, 0.6) is 0 Å². The molecule has 2 heterocycles. The van der Waals surface area contributed by atoms with E-state index in [-0.39, 0.29) is 10.8 Å². The molecule has 2 aromatic heterocycles. The zero-order valence-electron chi connectivity index (χ0n) is 15.7. The lowest BCUT2D eigenvalue weighted by molar-refractivity contribution is 0.0953. The molecule has 3 rings (SSSR count). The average Bonchev–Trinajstić information content (AvgIpc) is 2.96. The van der Waals surface area contributed by atoms with Gasteiger partial charge in [-0.15, -0.1) is 0 Å². The molecule has 146 valence electrons. The van der Waals surface area contributed by atoms with Gasteiger partial charge in [0.15, 0.2) is 0 Å². The van der Waals surface area contributed by atoms with Crippen LogP contribution in [0.15, 0.2) is 59.6 Å². The van der Waals surface area contributed by atoms with Gasteiger partial charge < -0.3 is 9.88 Å². The molecule has 1 amide bonds. The van der Waals surface area contributed by atoms with E-state index < -0.39 is 10.0 Å². The Bertz CT molecular complexity index is 1090. The Morgan fingerprint density at radius 3 is 2.46 bits per heavy atom. The molecule has 8 heteroatoms. The molecule has 3 aromatic rings. The standard InChI is InChI=1S/C20H22N4O3S/c1-14-13-18(15(2)24(14)19-5-3-4-11-22-19)20(25)23-12-10-16-6-8-17(9-7-16)28(21,26)27/h3-9,11,13H,10,12H2,1-2H3,(H,23,25)(H2,21,26,27). The molecule has 1 aromatic carbocycles. The molecule has 7 nitrogen and oxygen atoms in total. The van der Waals surface area contributed by atoms with E-state index in [9.17, 15) is 13.2 Å². The van der Waals surface area contributed by atoms with Crippen molar-refractivity contribution in [3.63, 3.8) is 0 Å². The minimum absolute atomic E-state index is 0.0715. The van der Waals surface area contributed by atoms with E-state index in [4.69, 9.17) is 5.14 Å². The van der Waals surface area contributed by atoms with Crippen molar-refractivity contribution in [1.29, 1.82) is 0 Å². The van der Waals surface area contributed by atoms with Crippen molar-refractivity contribution in [2.45, 2.75) is 25.2 Å². The maximum Gasteiger partial charge on any atom is 0.253 e. The molecule has 3 N–H and O–H groups in total. The van der Waals surface area contributed by atoms with Crippen LogP contribution in [0.1, 0.15) is 27.3 Å². The Kier molecular flexibility index (Phi) is 5.62. The molecule has 0 saturated heterocycles. The predicted octanol–water partition coefficient (Wildman–Crippen LogP) is 2.11. The van der Waals surface area contributed by atoms with Gasteiger partial charge in [-0.3, -0.25) is 4.79 Å². The summed E-state index contributed by atoms with van der Waals surface area (Å²) in [5.41, 5.74) is 3.27. The molecule has 0 radical (unpaired) electrons. The lowest BCUT2D eigenvalue weighted by atomic mass is 10.1. The zero-order chi connectivity index (χ0) is 20.3. The maximum absolute atomic E-state index is 12.6. The fraction of sp³-hybridized carbons (Fsp3) is 0.200. The van der Waals surface area contributed by atoms with Gasteiger partial charge >= 0.3 is 0 Å². The first-order valence-corrected chi connectivity index (χ1v) is 10.3. The molecular formula is C20H22N4O3S. The molecule has 0 bridgehead atoms. The first-order chi connectivity index (χ1) is 13.3. The van der Waals surface area contributed by atoms with Gasteiger partial charge in [0.05, 0.1) is 10.5 Å². The number of carbonyl (C=O) groups is 1. The van der Waals surface area contributed by atoms with Crippen LogP contribution >= 0.6 is 0 Å². The number of carbonyl (C=O) groups excluding carboxylic acids is 1. The van der Waals surface area contributed by atoms with E-state index in [1.54, 1.807) is 18.3 Å². The van der Waals surface area contributed by atoms with Crippen molar-refractivity contribution in [2.75, 3.05) is 6.54 Å². The van der Waals surface area contributed by atoms with Gasteiger partial charge in [0, 0.05) is 24.1 Å². The molecule has 0 saturated carbocycles. The third-order valence-corrected chi connectivity index (χ3v) is 5.43. The van der Waals surface area contributed by atoms with E-state index in [1.807, 2.05) is 42.7 Å². The topological polar surface area (TPSA) is 107 Å². The summed E-state index contributed by atoms with van der Waals surface area (Å²) in [6, 6.07) is 13.8. The maximum atomic E-state index is 12.6. The zero-order valence-corrected chi connectivity index (χ0v) is 16.5. The number of rotatable bonds is 6. The van der Waals surface area contributed by atoms with Gasteiger partial charge in [-0.25, -0.2) is 18.5 Å². The largest absolute Gasteiger partial charge is 0.352 e. The molecule has 28 heavy (non-hydrogen) atoms. The van der Waals surface area contributed by atoms with Crippen LogP contribution in [-0.2, 0) is 16.4 Å². The third-order valence-electron chi connectivity index (χ3n) is 4.51. The van der Waals surface area contributed by atoms with Crippen LogP contribution in [-0.4, -0.2) is 30.4 Å². The molecular weight excluding hydrogens is 376 g/mol. The van der Waals surface area contributed by atoms with Crippen molar-refractivity contribution in [3.8, 4) is 5.82 Å². The summed E-state index contributed by atoms with van der Waals surface area (Å²) in [4.78, 5) is 17.0. The molecule has 0 spiro atoms. The highest BCUT2D eigenvalue weighted by Crippen LogP contribution is 2.19. The lowest BCUT2D eigenvalue weighted by Gasteiger charge is -2.09. The summed E-state index contributed by atoms with van der Waals surface area (Å²) in [6.07, 6.45) is 2.30. The number of aromatic nitrogens is 2. The summed E-state index contributed by atoms with van der Waals surface area (Å²) in [5, 5.41) is 8.00. The van der Waals surface area contributed by atoms with Gasteiger partial charge in [0.1, 0.15) is 5.82 Å². The van der Waals surface area contributed by atoms with Crippen LogP contribution in [0.4, 0.5) is 0 Å². The Labute approximate surface area is 164 Å². The molecule has 0 aliphatic rings. The second-order valence-electron chi connectivity index (χ2n) is 6.50. The van der Waals surface area contributed by atoms with Crippen LogP contribution < -0.4 is 10.5 Å². The normalized spacial score (nSPS) is 11.4. The van der Waals surface area contributed by atoms with Crippen molar-refractivity contribution in [2.24, 2.45) is 5.14 Å². The van der Waals surface area contributed by atoms with Gasteiger partial charge in [-0.05, 0) is 56.2 Å². The van der Waals surface area contributed by atoms with Gasteiger partial charge in [-0.1, -0.05) is 18.2 Å². The Balaban J connectivity index is 1.66. The Morgan fingerprint density at radius 1 is 1.14 bits per heavy atom. The smallest absolute Gasteiger partial charge is 0.253 e. The van der Waals surface area contributed by atoms with Crippen molar-refractivity contribution in [3.05, 3.63) is 77.2 Å². The van der Waals surface area contributed by atoms with Crippen LogP contribution in [0, 0.1) is 13.8 Å². The SMILES string of the molecule is Cc1cc(C(=O)NCCc2ccc(S(N)(=O)=O)cc2)c(C)n1-c1ccccn1. The van der Waals surface area contributed by atoms with E-state index >= 15 is 0 Å². The van der Waals surface area contributed by atoms with E-state index in [0.29, 0.717) is 18.5 Å². The van der Waals surface area contributed by atoms with Gasteiger partial charge in [-0.2, -0.15) is 0 Å². The number of aryl methyl sites for hydroxylation is 1. The minimum atomic E-state index is -3.70. The quantitative estimate of drug-likeness (QED) is 0.663. The fourth-order valence-electron chi connectivity index (χ4n) is 3.09.